The number of nitrogens with zero attached hydrogens (tertiary/aromatic N) is 3. The van der Waals surface area contributed by atoms with Crippen LogP contribution >= 0.6 is 0 Å². The molecule has 2 unspecified atom stereocenters. The Hall–Kier alpha value is -2.66. The molecule has 0 radical (unpaired) electrons. The van der Waals surface area contributed by atoms with E-state index >= 15 is 0 Å². The molecule has 2 aliphatic rings. The first kappa shape index (κ1) is 16.8. The second-order valence-electron chi connectivity index (χ2n) is 7.20. The van der Waals surface area contributed by atoms with Crippen LogP contribution in [0.3, 0.4) is 0 Å². The zero-order valence-electron chi connectivity index (χ0n) is 15.2. The number of carbonyl (C=O) groups is 1. The third-order valence-electron chi connectivity index (χ3n) is 5.32. The van der Waals surface area contributed by atoms with Crippen molar-refractivity contribution < 1.29 is 4.79 Å². The lowest BCUT2D eigenvalue weighted by Crippen LogP contribution is -2.31. The van der Waals surface area contributed by atoms with E-state index in [9.17, 15) is 4.79 Å². The number of aliphatic imine (C=N–C) groups is 1. The van der Waals surface area contributed by atoms with Gasteiger partial charge in [-0.1, -0.05) is 18.2 Å². The maximum Gasteiger partial charge on any atom is 0.237 e. The number of likely N-dealkylation sites (N-methyl/N-ethyl adjacent to an activating group) is 1. The maximum atomic E-state index is 12.2. The molecule has 5 nitrogen and oxygen atoms in total. The Bertz CT molecular complexity index is 828. The minimum absolute atomic E-state index is 0.0154. The van der Waals surface area contributed by atoms with Gasteiger partial charge in [0.2, 0.25) is 5.91 Å². The molecule has 1 N–H and O–H groups in total. The van der Waals surface area contributed by atoms with E-state index in [1.54, 1.807) is 6.21 Å². The van der Waals surface area contributed by atoms with Gasteiger partial charge in [0, 0.05) is 36.7 Å². The lowest BCUT2D eigenvalue weighted by atomic mass is 10.0. The van der Waals surface area contributed by atoms with Crippen LogP contribution in [0.15, 0.2) is 53.5 Å². The summed E-state index contributed by atoms with van der Waals surface area (Å²) < 4.78 is 0. The lowest BCUT2D eigenvalue weighted by molar-refractivity contribution is -0.115. The molecular weight excluding hydrogens is 324 g/mol. The van der Waals surface area contributed by atoms with Gasteiger partial charge < -0.3 is 15.1 Å². The highest BCUT2D eigenvalue weighted by Gasteiger charge is 2.28. The number of hydrogen-bond acceptors (Lipinski definition) is 4. The third-order valence-corrected chi connectivity index (χ3v) is 5.32. The van der Waals surface area contributed by atoms with Crippen LogP contribution < -0.4 is 10.2 Å². The Balaban J connectivity index is 1.45. The summed E-state index contributed by atoms with van der Waals surface area (Å²) in [7, 11) is 4.28. The Labute approximate surface area is 154 Å². The van der Waals surface area contributed by atoms with Crippen LogP contribution in [0.25, 0.3) is 0 Å². The summed E-state index contributed by atoms with van der Waals surface area (Å²) in [5.41, 5.74) is 3.98. The van der Waals surface area contributed by atoms with Gasteiger partial charge in [-0.15, -0.1) is 0 Å². The normalized spacial score (nSPS) is 22.3. The number of fused-ring (bicyclic) bond motifs is 1. The van der Waals surface area contributed by atoms with Crippen LogP contribution in [0.4, 0.5) is 17.1 Å². The predicted molar refractivity (Wildman–Crippen MR) is 107 cm³/mol. The van der Waals surface area contributed by atoms with E-state index in [0.29, 0.717) is 6.04 Å². The van der Waals surface area contributed by atoms with Crippen molar-refractivity contribution in [1.82, 2.24) is 4.90 Å². The number of hydrogen-bond donors (Lipinski definition) is 1. The molecule has 0 aromatic heterocycles. The van der Waals surface area contributed by atoms with Crippen LogP contribution in [-0.4, -0.2) is 50.2 Å². The number of para-hydroxylation sites is 1. The van der Waals surface area contributed by atoms with Gasteiger partial charge in [-0.25, -0.2) is 0 Å². The molecular formula is C21H24N4O. The van der Waals surface area contributed by atoms with Crippen molar-refractivity contribution >= 4 is 29.2 Å². The standard InChI is InChI=1S/C21H24N4O/c1-24(2)17-11-12-25(14-17)16-9-7-15(8-10-16)22-13-19-18-5-3-4-6-20(18)23-21(19)26/h3-10,13,17,19H,11-12,14H2,1-2H3,(H,23,26). The highest BCUT2D eigenvalue weighted by Crippen LogP contribution is 2.31. The molecule has 0 bridgehead atoms. The topological polar surface area (TPSA) is 47.9 Å². The van der Waals surface area contributed by atoms with Crippen molar-refractivity contribution in [2.45, 2.75) is 18.4 Å². The molecule has 0 spiro atoms. The largest absolute Gasteiger partial charge is 0.370 e. The van der Waals surface area contributed by atoms with Crippen molar-refractivity contribution in [3.8, 4) is 0 Å². The minimum Gasteiger partial charge on any atom is -0.370 e. The molecule has 0 aliphatic carbocycles. The average Bonchev–Trinajstić information content (AvgIpc) is 3.25. The van der Waals surface area contributed by atoms with E-state index in [1.165, 1.54) is 12.1 Å². The molecule has 134 valence electrons. The maximum absolute atomic E-state index is 12.2. The first-order valence-corrected chi connectivity index (χ1v) is 9.07. The molecule has 2 aliphatic heterocycles. The van der Waals surface area contributed by atoms with Crippen LogP contribution in [0.1, 0.15) is 17.9 Å². The van der Waals surface area contributed by atoms with Gasteiger partial charge in [-0.05, 0) is 56.4 Å². The van der Waals surface area contributed by atoms with Crippen LogP contribution in [0.5, 0.6) is 0 Å². The molecule has 1 fully saturated rings. The molecule has 2 aromatic rings. The first-order chi connectivity index (χ1) is 12.6. The fraction of sp³-hybridized carbons (Fsp3) is 0.333. The van der Waals surface area contributed by atoms with Crippen molar-refractivity contribution in [2.24, 2.45) is 4.99 Å². The third kappa shape index (κ3) is 3.22. The number of carbonyl (C=O) groups excluding carboxylic acids is 1. The van der Waals surface area contributed by atoms with E-state index in [0.717, 1.165) is 30.0 Å². The Morgan fingerprint density at radius 2 is 1.92 bits per heavy atom. The van der Waals surface area contributed by atoms with Crippen molar-refractivity contribution in [3.05, 3.63) is 54.1 Å². The quantitative estimate of drug-likeness (QED) is 0.863. The monoisotopic (exact) mass is 348 g/mol. The smallest absolute Gasteiger partial charge is 0.237 e. The van der Waals surface area contributed by atoms with Gasteiger partial charge >= 0.3 is 0 Å². The number of nitrogens with one attached hydrogen (secondary N) is 1. The summed E-state index contributed by atoms with van der Waals surface area (Å²) in [4.78, 5) is 21.4. The number of rotatable bonds is 4. The van der Waals surface area contributed by atoms with Gasteiger partial charge in [0.25, 0.3) is 0 Å². The zero-order valence-corrected chi connectivity index (χ0v) is 15.2. The second-order valence-corrected chi connectivity index (χ2v) is 7.20. The van der Waals surface area contributed by atoms with Gasteiger partial charge in [0.15, 0.2) is 0 Å². The first-order valence-electron chi connectivity index (χ1n) is 9.07. The molecule has 1 saturated heterocycles. The van der Waals surface area contributed by atoms with Gasteiger partial charge in [0.1, 0.15) is 5.92 Å². The van der Waals surface area contributed by atoms with Gasteiger partial charge in [-0.3, -0.25) is 9.79 Å². The molecule has 2 heterocycles. The fourth-order valence-corrected chi connectivity index (χ4v) is 3.69. The van der Waals surface area contributed by atoms with Crippen molar-refractivity contribution in [2.75, 3.05) is 37.4 Å². The average molecular weight is 348 g/mol. The summed E-state index contributed by atoms with van der Waals surface area (Å²) in [6.07, 6.45) is 2.94. The van der Waals surface area contributed by atoms with E-state index in [1.807, 2.05) is 36.4 Å². The Morgan fingerprint density at radius 3 is 2.65 bits per heavy atom. The SMILES string of the molecule is CN(C)C1CCN(c2ccc(N=CC3C(=O)Nc4ccccc43)cc2)C1. The summed E-state index contributed by atoms with van der Waals surface area (Å²) in [6, 6.07) is 16.7. The van der Waals surface area contributed by atoms with Crippen molar-refractivity contribution in [1.29, 1.82) is 0 Å². The number of benzene rings is 2. The summed E-state index contributed by atoms with van der Waals surface area (Å²) in [5, 5.41) is 2.90. The van der Waals surface area contributed by atoms with Gasteiger partial charge in [-0.2, -0.15) is 0 Å². The second kappa shape index (κ2) is 6.92. The summed E-state index contributed by atoms with van der Waals surface area (Å²) in [5.74, 6) is -0.330. The number of amides is 1. The fourth-order valence-electron chi connectivity index (χ4n) is 3.69. The Kier molecular flexibility index (Phi) is 4.47. The van der Waals surface area contributed by atoms with Crippen LogP contribution in [-0.2, 0) is 4.79 Å². The number of anilines is 2. The zero-order chi connectivity index (χ0) is 18.1. The van der Waals surface area contributed by atoms with E-state index < -0.39 is 0 Å². The van der Waals surface area contributed by atoms with E-state index in [-0.39, 0.29) is 11.8 Å². The van der Waals surface area contributed by atoms with Crippen LogP contribution in [0, 0.1) is 0 Å². The highest BCUT2D eigenvalue weighted by atomic mass is 16.2. The van der Waals surface area contributed by atoms with E-state index in [2.05, 4.69) is 46.3 Å². The molecule has 4 rings (SSSR count). The van der Waals surface area contributed by atoms with E-state index in [4.69, 9.17) is 0 Å². The van der Waals surface area contributed by atoms with Crippen LogP contribution in [0.2, 0.25) is 0 Å². The molecule has 1 amide bonds. The highest BCUT2D eigenvalue weighted by molar-refractivity contribution is 6.12. The molecule has 2 aromatic carbocycles. The molecule has 26 heavy (non-hydrogen) atoms. The van der Waals surface area contributed by atoms with Gasteiger partial charge in [0.05, 0.1) is 5.69 Å². The molecule has 5 heteroatoms. The predicted octanol–water partition coefficient (Wildman–Crippen LogP) is 3.27. The summed E-state index contributed by atoms with van der Waals surface area (Å²) >= 11 is 0. The Morgan fingerprint density at radius 1 is 1.15 bits per heavy atom. The van der Waals surface area contributed by atoms with Crippen molar-refractivity contribution in [3.63, 3.8) is 0 Å². The summed E-state index contributed by atoms with van der Waals surface area (Å²) in [6.45, 7) is 2.15. The minimum atomic E-state index is -0.315. The molecule has 2 atom stereocenters. The lowest BCUT2D eigenvalue weighted by Gasteiger charge is -2.21. The molecule has 0 saturated carbocycles.